The molecule has 5 nitrogen and oxygen atoms in total. The molecule has 0 saturated heterocycles. The second kappa shape index (κ2) is 5.50. The molecule has 0 bridgehead atoms. The Morgan fingerprint density at radius 2 is 1.76 bits per heavy atom. The summed E-state index contributed by atoms with van der Waals surface area (Å²) in [5.74, 6) is -0.0451. The third kappa shape index (κ3) is 2.76. The minimum atomic E-state index is -0.424. The lowest BCUT2D eigenvalue weighted by molar-refractivity contribution is 0.262. The predicted molar refractivity (Wildman–Crippen MR) is 82.5 cm³/mol. The van der Waals surface area contributed by atoms with Gasteiger partial charge in [-0.15, -0.1) is 0 Å². The summed E-state index contributed by atoms with van der Waals surface area (Å²) in [5.41, 5.74) is 1.44. The number of aromatic hydroxyl groups is 1. The average Bonchev–Trinajstić information content (AvgIpc) is 2.51. The lowest BCUT2D eigenvalue weighted by Crippen LogP contribution is -2.19. The molecule has 0 spiro atoms. The van der Waals surface area contributed by atoms with Gasteiger partial charge in [-0.2, -0.15) is 0 Å². The van der Waals surface area contributed by atoms with E-state index in [1.807, 2.05) is 24.3 Å². The molecule has 3 aromatic rings. The highest BCUT2D eigenvalue weighted by molar-refractivity contribution is 6.03. The van der Waals surface area contributed by atoms with Crippen molar-refractivity contribution < 1.29 is 9.90 Å². The molecule has 0 atom stereocenters. The number of para-hydroxylation sites is 1. The minimum absolute atomic E-state index is 0.0451. The van der Waals surface area contributed by atoms with E-state index in [1.165, 1.54) is 0 Å². The number of hydrogen-bond donors (Lipinski definition) is 3. The number of fused-ring (bicyclic) bond motifs is 1. The van der Waals surface area contributed by atoms with Gasteiger partial charge in [0.2, 0.25) is 0 Å². The lowest BCUT2D eigenvalue weighted by atomic mass is 10.2. The van der Waals surface area contributed by atoms with E-state index in [-0.39, 0.29) is 5.75 Å². The summed E-state index contributed by atoms with van der Waals surface area (Å²) >= 11 is 0. The highest BCUT2D eigenvalue weighted by Gasteiger charge is 2.10. The number of pyridine rings is 1. The van der Waals surface area contributed by atoms with Gasteiger partial charge in [0.05, 0.1) is 5.69 Å². The summed E-state index contributed by atoms with van der Waals surface area (Å²) in [6, 6.07) is 15.7. The molecule has 0 aliphatic carbocycles. The van der Waals surface area contributed by atoms with Crippen LogP contribution in [0.4, 0.5) is 16.2 Å². The van der Waals surface area contributed by atoms with E-state index < -0.39 is 6.03 Å². The molecular weight excluding hydrogens is 266 g/mol. The van der Waals surface area contributed by atoms with E-state index in [9.17, 15) is 9.90 Å². The molecule has 2 aromatic carbocycles. The Kier molecular flexibility index (Phi) is 3.39. The zero-order valence-corrected chi connectivity index (χ0v) is 11.1. The van der Waals surface area contributed by atoms with Gasteiger partial charge >= 0.3 is 6.03 Å². The number of phenols is 1. The highest BCUT2D eigenvalue weighted by Crippen LogP contribution is 2.30. The smallest absolute Gasteiger partial charge is 0.323 e. The molecule has 2 amide bonds. The quantitative estimate of drug-likeness (QED) is 0.628. The van der Waals surface area contributed by atoms with E-state index >= 15 is 0 Å². The van der Waals surface area contributed by atoms with Crippen LogP contribution in [0.5, 0.6) is 5.75 Å². The Labute approximate surface area is 121 Å². The molecule has 5 heteroatoms. The van der Waals surface area contributed by atoms with Crippen LogP contribution in [-0.4, -0.2) is 16.1 Å². The standard InChI is InChI=1S/C16H13N3O2/c20-15-13(9-8-11-5-4-10-17-14(11)15)19-16(21)18-12-6-2-1-3-7-12/h1-10,20H,(H2,18,19,21). The first-order valence-electron chi connectivity index (χ1n) is 6.44. The Morgan fingerprint density at radius 3 is 2.57 bits per heavy atom. The summed E-state index contributed by atoms with van der Waals surface area (Å²) in [6.45, 7) is 0. The molecule has 0 fully saturated rings. The molecule has 1 heterocycles. The van der Waals surface area contributed by atoms with E-state index in [0.717, 1.165) is 5.39 Å². The number of hydrogen-bond acceptors (Lipinski definition) is 3. The minimum Gasteiger partial charge on any atom is -0.504 e. The van der Waals surface area contributed by atoms with Crippen LogP contribution in [0.15, 0.2) is 60.8 Å². The molecule has 0 aliphatic rings. The SMILES string of the molecule is O=C(Nc1ccccc1)Nc1ccc2cccnc2c1O. The molecule has 104 valence electrons. The molecule has 21 heavy (non-hydrogen) atoms. The molecule has 0 saturated carbocycles. The summed E-state index contributed by atoms with van der Waals surface area (Å²) < 4.78 is 0. The van der Waals surface area contributed by atoms with Crippen LogP contribution in [0, 0.1) is 0 Å². The number of phenolic OH excluding ortho intramolecular Hbond substituents is 1. The zero-order valence-electron chi connectivity index (χ0n) is 11.1. The number of urea groups is 1. The molecule has 1 aromatic heterocycles. The van der Waals surface area contributed by atoms with Crippen molar-refractivity contribution in [1.82, 2.24) is 4.98 Å². The maximum atomic E-state index is 11.9. The molecule has 0 radical (unpaired) electrons. The summed E-state index contributed by atoms with van der Waals surface area (Å²) in [6.07, 6.45) is 1.59. The summed E-state index contributed by atoms with van der Waals surface area (Å²) in [7, 11) is 0. The first kappa shape index (κ1) is 12.9. The van der Waals surface area contributed by atoms with E-state index in [4.69, 9.17) is 0 Å². The largest absolute Gasteiger partial charge is 0.504 e. The lowest BCUT2D eigenvalue weighted by Gasteiger charge is -2.10. The van der Waals surface area contributed by atoms with Crippen LogP contribution in [0.25, 0.3) is 10.9 Å². The number of anilines is 2. The predicted octanol–water partition coefficient (Wildman–Crippen LogP) is 3.58. The van der Waals surface area contributed by atoms with Gasteiger partial charge in [-0.05, 0) is 24.3 Å². The van der Waals surface area contributed by atoms with E-state index in [2.05, 4.69) is 15.6 Å². The van der Waals surface area contributed by atoms with Crippen molar-refractivity contribution in [2.24, 2.45) is 0 Å². The van der Waals surface area contributed by atoms with E-state index in [0.29, 0.717) is 16.9 Å². The molecule has 3 rings (SSSR count). The molecule has 3 N–H and O–H groups in total. The van der Waals surface area contributed by atoms with Crippen molar-refractivity contribution in [2.45, 2.75) is 0 Å². The number of aromatic nitrogens is 1. The van der Waals surface area contributed by atoms with Crippen LogP contribution in [-0.2, 0) is 0 Å². The Hall–Kier alpha value is -3.08. The molecule has 0 aliphatic heterocycles. The van der Waals surface area contributed by atoms with Crippen LogP contribution in [0.1, 0.15) is 0 Å². The zero-order chi connectivity index (χ0) is 14.7. The van der Waals surface area contributed by atoms with Crippen LogP contribution < -0.4 is 10.6 Å². The molecule has 0 unspecified atom stereocenters. The number of nitrogens with zero attached hydrogens (tertiary/aromatic N) is 1. The number of carbonyl (C=O) groups excluding carboxylic acids is 1. The Balaban J connectivity index is 1.82. The maximum absolute atomic E-state index is 11.9. The van der Waals surface area contributed by atoms with Gasteiger partial charge in [0, 0.05) is 17.3 Å². The fourth-order valence-electron chi connectivity index (χ4n) is 2.04. The van der Waals surface area contributed by atoms with Gasteiger partial charge in [-0.1, -0.05) is 30.3 Å². The Morgan fingerprint density at radius 1 is 0.952 bits per heavy atom. The third-order valence-corrected chi connectivity index (χ3v) is 3.03. The number of rotatable bonds is 2. The third-order valence-electron chi connectivity index (χ3n) is 3.03. The van der Waals surface area contributed by atoms with Gasteiger partial charge in [0.25, 0.3) is 0 Å². The van der Waals surface area contributed by atoms with Gasteiger partial charge in [-0.25, -0.2) is 4.79 Å². The van der Waals surface area contributed by atoms with Crippen molar-refractivity contribution >= 4 is 28.3 Å². The average molecular weight is 279 g/mol. The summed E-state index contributed by atoms with van der Waals surface area (Å²) in [5, 5.41) is 16.3. The van der Waals surface area contributed by atoms with Crippen molar-refractivity contribution in [2.75, 3.05) is 10.6 Å². The van der Waals surface area contributed by atoms with Gasteiger partial charge in [-0.3, -0.25) is 4.98 Å². The fraction of sp³-hybridized carbons (Fsp3) is 0. The number of nitrogens with one attached hydrogen (secondary N) is 2. The highest BCUT2D eigenvalue weighted by atomic mass is 16.3. The monoisotopic (exact) mass is 279 g/mol. The van der Waals surface area contributed by atoms with Crippen LogP contribution >= 0.6 is 0 Å². The first-order chi connectivity index (χ1) is 10.2. The van der Waals surface area contributed by atoms with Crippen molar-refractivity contribution in [3.05, 3.63) is 60.8 Å². The number of benzene rings is 2. The first-order valence-corrected chi connectivity index (χ1v) is 6.44. The van der Waals surface area contributed by atoms with Crippen molar-refractivity contribution in [3.63, 3.8) is 0 Å². The van der Waals surface area contributed by atoms with Gasteiger partial charge < -0.3 is 15.7 Å². The topological polar surface area (TPSA) is 74.2 Å². The summed E-state index contributed by atoms with van der Waals surface area (Å²) in [4.78, 5) is 16.0. The van der Waals surface area contributed by atoms with Gasteiger partial charge in [0.1, 0.15) is 5.52 Å². The number of carbonyl (C=O) groups is 1. The van der Waals surface area contributed by atoms with Crippen molar-refractivity contribution in [3.8, 4) is 5.75 Å². The van der Waals surface area contributed by atoms with Gasteiger partial charge in [0.15, 0.2) is 5.75 Å². The Bertz CT molecular complexity index is 788. The van der Waals surface area contributed by atoms with Crippen LogP contribution in [0.3, 0.4) is 0 Å². The fourth-order valence-corrected chi connectivity index (χ4v) is 2.04. The van der Waals surface area contributed by atoms with Crippen LogP contribution in [0.2, 0.25) is 0 Å². The normalized spacial score (nSPS) is 10.3. The second-order valence-corrected chi connectivity index (χ2v) is 4.48. The van der Waals surface area contributed by atoms with Crippen molar-refractivity contribution in [1.29, 1.82) is 0 Å². The molecular formula is C16H13N3O2. The maximum Gasteiger partial charge on any atom is 0.323 e. The number of amides is 2. The second-order valence-electron chi connectivity index (χ2n) is 4.48. The van der Waals surface area contributed by atoms with E-state index in [1.54, 1.807) is 36.5 Å².